The van der Waals surface area contributed by atoms with E-state index in [4.69, 9.17) is 0 Å². The molecular formula is C16H25ClFN3O. The second-order valence-electron chi connectivity index (χ2n) is 5.68. The highest BCUT2D eigenvalue weighted by Crippen LogP contribution is 2.11. The summed E-state index contributed by atoms with van der Waals surface area (Å²) < 4.78 is 12.8. The average molecular weight is 330 g/mol. The summed E-state index contributed by atoms with van der Waals surface area (Å²) in [5.41, 5.74) is 1.07. The summed E-state index contributed by atoms with van der Waals surface area (Å²) in [6.45, 7) is 4.06. The molecule has 0 unspecified atom stereocenters. The molecule has 0 atom stereocenters. The molecule has 124 valence electrons. The summed E-state index contributed by atoms with van der Waals surface area (Å²) >= 11 is 0. The Kier molecular flexibility index (Phi) is 8.38. The first kappa shape index (κ1) is 18.9. The van der Waals surface area contributed by atoms with Gasteiger partial charge in [0.2, 0.25) is 5.91 Å². The normalized spacial score (nSPS) is 15.4. The first-order valence-corrected chi connectivity index (χ1v) is 7.56. The standard InChI is InChI=1S/C16H24FN3O.ClH/c1-20(12-13-2-4-15(17)5-3-13)11-10-19-16(21)14-6-8-18-9-7-14;/h2-5,14,18H,6-12H2,1H3,(H,19,21);1H. The Hall–Kier alpha value is -1.17. The molecule has 2 N–H and O–H groups in total. The maximum absolute atomic E-state index is 12.8. The Labute approximate surface area is 137 Å². The van der Waals surface area contributed by atoms with E-state index in [-0.39, 0.29) is 30.0 Å². The number of rotatable bonds is 6. The molecule has 0 saturated carbocycles. The Morgan fingerprint density at radius 2 is 1.95 bits per heavy atom. The van der Waals surface area contributed by atoms with E-state index < -0.39 is 0 Å². The Morgan fingerprint density at radius 1 is 1.32 bits per heavy atom. The van der Waals surface area contributed by atoms with Gasteiger partial charge in [-0.1, -0.05) is 12.1 Å². The molecule has 1 aromatic rings. The zero-order chi connectivity index (χ0) is 15.1. The summed E-state index contributed by atoms with van der Waals surface area (Å²) in [4.78, 5) is 14.1. The first-order valence-electron chi connectivity index (χ1n) is 7.56. The smallest absolute Gasteiger partial charge is 0.223 e. The number of benzene rings is 1. The molecule has 0 aromatic heterocycles. The van der Waals surface area contributed by atoms with E-state index in [0.29, 0.717) is 6.54 Å². The van der Waals surface area contributed by atoms with E-state index in [0.717, 1.165) is 44.6 Å². The molecule has 2 rings (SSSR count). The fourth-order valence-electron chi connectivity index (χ4n) is 2.58. The van der Waals surface area contributed by atoms with Crippen LogP contribution in [0.2, 0.25) is 0 Å². The molecule has 0 bridgehead atoms. The number of halogens is 2. The summed E-state index contributed by atoms with van der Waals surface area (Å²) in [6.07, 6.45) is 1.86. The Morgan fingerprint density at radius 3 is 2.59 bits per heavy atom. The molecule has 1 heterocycles. The van der Waals surface area contributed by atoms with Gasteiger partial charge >= 0.3 is 0 Å². The average Bonchev–Trinajstić information content (AvgIpc) is 2.50. The molecule has 1 saturated heterocycles. The minimum Gasteiger partial charge on any atom is -0.355 e. The van der Waals surface area contributed by atoms with Crippen LogP contribution in [0.1, 0.15) is 18.4 Å². The van der Waals surface area contributed by atoms with Crippen molar-refractivity contribution in [2.75, 3.05) is 33.2 Å². The van der Waals surface area contributed by atoms with Crippen molar-refractivity contribution in [2.24, 2.45) is 5.92 Å². The third-order valence-corrected chi connectivity index (χ3v) is 3.87. The second-order valence-corrected chi connectivity index (χ2v) is 5.68. The van der Waals surface area contributed by atoms with Crippen molar-refractivity contribution in [3.63, 3.8) is 0 Å². The van der Waals surface area contributed by atoms with Crippen LogP contribution < -0.4 is 10.6 Å². The van der Waals surface area contributed by atoms with Crippen LogP contribution in [0, 0.1) is 11.7 Å². The van der Waals surface area contributed by atoms with E-state index >= 15 is 0 Å². The first-order chi connectivity index (χ1) is 10.1. The minimum absolute atomic E-state index is 0. The predicted molar refractivity (Wildman–Crippen MR) is 88.6 cm³/mol. The molecule has 22 heavy (non-hydrogen) atoms. The molecule has 4 nitrogen and oxygen atoms in total. The van der Waals surface area contributed by atoms with Gasteiger partial charge in [0.25, 0.3) is 0 Å². The lowest BCUT2D eigenvalue weighted by Gasteiger charge is -2.23. The summed E-state index contributed by atoms with van der Waals surface area (Å²) in [5.74, 6) is 0.121. The van der Waals surface area contributed by atoms with Gasteiger partial charge in [-0.2, -0.15) is 0 Å². The van der Waals surface area contributed by atoms with Gasteiger partial charge in [0.15, 0.2) is 0 Å². The van der Waals surface area contributed by atoms with E-state index in [9.17, 15) is 9.18 Å². The topological polar surface area (TPSA) is 44.4 Å². The number of hydrogen-bond donors (Lipinski definition) is 2. The van der Waals surface area contributed by atoms with Crippen molar-refractivity contribution in [3.05, 3.63) is 35.6 Å². The van der Waals surface area contributed by atoms with Crippen molar-refractivity contribution >= 4 is 18.3 Å². The molecule has 0 aliphatic carbocycles. The number of amides is 1. The fourth-order valence-corrected chi connectivity index (χ4v) is 2.58. The number of hydrogen-bond acceptors (Lipinski definition) is 3. The molecule has 0 spiro atoms. The van der Waals surface area contributed by atoms with E-state index in [1.165, 1.54) is 12.1 Å². The molecule has 6 heteroatoms. The number of nitrogens with zero attached hydrogens (tertiary/aromatic N) is 1. The lowest BCUT2D eigenvalue weighted by molar-refractivity contribution is -0.125. The largest absolute Gasteiger partial charge is 0.355 e. The lowest BCUT2D eigenvalue weighted by Crippen LogP contribution is -2.40. The van der Waals surface area contributed by atoms with Crippen molar-refractivity contribution in [1.29, 1.82) is 0 Å². The van der Waals surface area contributed by atoms with Crippen LogP contribution >= 0.6 is 12.4 Å². The van der Waals surface area contributed by atoms with Crippen molar-refractivity contribution < 1.29 is 9.18 Å². The highest BCUT2D eigenvalue weighted by atomic mass is 35.5. The van der Waals surface area contributed by atoms with Gasteiger partial charge < -0.3 is 15.5 Å². The number of carbonyl (C=O) groups excluding carboxylic acids is 1. The molecule has 0 radical (unpaired) electrons. The van der Waals surface area contributed by atoms with Gasteiger partial charge in [0.1, 0.15) is 5.82 Å². The van der Waals surface area contributed by atoms with Gasteiger partial charge in [0.05, 0.1) is 0 Å². The molecule has 1 aliphatic rings. The second kappa shape index (κ2) is 9.77. The quantitative estimate of drug-likeness (QED) is 0.836. The molecule has 1 amide bonds. The van der Waals surface area contributed by atoms with Gasteiger partial charge in [-0.3, -0.25) is 4.79 Å². The summed E-state index contributed by atoms with van der Waals surface area (Å²) in [5, 5.41) is 6.27. The van der Waals surface area contributed by atoms with Crippen LogP contribution in [-0.2, 0) is 11.3 Å². The third-order valence-electron chi connectivity index (χ3n) is 3.87. The van der Waals surface area contributed by atoms with Crippen LogP contribution in [0.5, 0.6) is 0 Å². The Bertz CT molecular complexity index is 449. The zero-order valence-electron chi connectivity index (χ0n) is 13.0. The monoisotopic (exact) mass is 329 g/mol. The third kappa shape index (κ3) is 6.30. The maximum atomic E-state index is 12.8. The SMILES string of the molecule is CN(CCNC(=O)C1CCNCC1)Cc1ccc(F)cc1.Cl. The summed E-state index contributed by atoms with van der Waals surface area (Å²) in [7, 11) is 2.00. The van der Waals surface area contributed by atoms with Gasteiger partial charge in [-0.15, -0.1) is 12.4 Å². The van der Waals surface area contributed by atoms with Crippen LogP contribution in [0.3, 0.4) is 0 Å². The van der Waals surface area contributed by atoms with Crippen LogP contribution in [0.4, 0.5) is 4.39 Å². The maximum Gasteiger partial charge on any atom is 0.223 e. The van der Waals surface area contributed by atoms with Crippen LogP contribution in [0.25, 0.3) is 0 Å². The van der Waals surface area contributed by atoms with Gasteiger partial charge in [0, 0.05) is 25.6 Å². The molecule has 1 fully saturated rings. The number of piperidine rings is 1. The molecule has 1 aromatic carbocycles. The molecule has 1 aliphatic heterocycles. The number of carbonyl (C=O) groups is 1. The van der Waals surface area contributed by atoms with Crippen molar-refractivity contribution in [3.8, 4) is 0 Å². The summed E-state index contributed by atoms with van der Waals surface area (Å²) in [6, 6.07) is 6.53. The van der Waals surface area contributed by atoms with E-state index in [2.05, 4.69) is 15.5 Å². The van der Waals surface area contributed by atoms with Crippen LogP contribution in [0.15, 0.2) is 24.3 Å². The van der Waals surface area contributed by atoms with E-state index in [1.807, 2.05) is 7.05 Å². The zero-order valence-corrected chi connectivity index (χ0v) is 13.8. The predicted octanol–water partition coefficient (Wildman–Crippen LogP) is 1.80. The van der Waals surface area contributed by atoms with Crippen molar-refractivity contribution in [1.82, 2.24) is 15.5 Å². The lowest BCUT2D eigenvalue weighted by atomic mass is 9.97. The fraction of sp³-hybridized carbons (Fsp3) is 0.562. The van der Waals surface area contributed by atoms with Crippen LogP contribution in [-0.4, -0.2) is 44.0 Å². The Balaban J connectivity index is 0.00000242. The molecular weight excluding hydrogens is 305 g/mol. The highest BCUT2D eigenvalue weighted by Gasteiger charge is 2.20. The van der Waals surface area contributed by atoms with Crippen molar-refractivity contribution in [2.45, 2.75) is 19.4 Å². The number of nitrogens with one attached hydrogen (secondary N) is 2. The number of likely N-dealkylation sites (N-methyl/N-ethyl adjacent to an activating group) is 1. The minimum atomic E-state index is -0.212. The van der Waals surface area contributed by atoms with Gasteiger partial charge in [-0.25, -0.2) is 4.39 Å². The highest BCUT2D eigenvalue weighted by molar-refractivity contribution is 5.85. The van der Waals surface area contributed by atoms with Gasteiger partial charge in [-0.05, 0) is 50.7 Å². The van der Waals surface area contributed by atoms with E-state index in [1.54, 1.807) is 12.1 Å².